The lowest BCUT2D eigenvalue weighted by molar-refractivity contribution is 0.274. The Morgan fingerprint density at radius 1 is 1.33 bits per heavy atom. The zero-order chi connectivity index (χ0) is 15.4. The van der Waals surface area contributed by atoms with Gasteiger partial charge in [-0.1, -0.05) is 6.92 Å². The quantitative estimate of drug-likeness (QED) is 0.716. The molecule has 0 N–H and O–H groups in total. The Morgan fingerprint density at radius 2 is 2.10 bits per heavy atom. The van der Waals surface area contributed by atoms with E-state index in [2.05, 4.69) is 28.0 Å². The molecule has 1 aromatic carbocycles. The summed E-state index contributed by atoms with van der Waals surface area (Å²) >= 11 is 9.37. The molecule has 6 heteroatoms. The van der Waals surface area contributed by atoms with Crippen LogP contribution in [0.25, 0.3) is 0 Å². The largest absolute Gasteiger partial charge is 0.493 e. The highest BCUT2D eigenvalue weighted by atomic mass is 79.9. The van der Waals surface area contributed by atoms with Gasteiger partial charge in [-0.25, -0.2) is 0 Å². The Kier molecular flexibility index (Phi) is 5.53. The van der Waals surface area contributed by atoms with Gasteiger partial charge in [0.2, 0.25) is 0 Å². The maximum absolute atomic E-state index is 5.91. The molecule has 0 bridgehead atoms. The molecule has 21 heavy (non-hydrogen) atoms. The highest BCUT2D eigenvalue weighted by Crippen LogP contribution is 2.37. The molecule has 0 aliphatic rings. The molecule has 2 rings (SSSR count). The normalized spacial score (nSPS) is 10.7. The number of halogens is 2. The molecule has 0 radical (unpaired) electrons. The number of aromatic nitrogens is 2. The molecule has 114 valence electrons. The fourth-order valence-electron chi connectivity index (χ4n) is 2.02. The summed E-state index contributed by atoms with van der Waals surface area (Å²) in [6.45, 7) is 2.51. The van der Waals surface area contributed by atoms with Crippen molar-refractivity contribution >= 4 is 27.5 Å². The van der Waals surface area contributed by atoms with Gasteiger partial charge in [0.1, 0.15) is 6.61 Å². The second-order valence-corrected chi connectivity index (χ2v) is 5.76. The summed E-state index contributed by atoms with van der Waals surface area (Å²) < 4.78 is 14.0. The summed E-state index contributed by atoms with van der Waals surface area (Å²) in [7, 11) is 3.53. The second kappa shape index (κ2) is 7.18. The van der Waals surface area contributed by atoms with E-state index in [0.29, 0.717) is 24.0 Å². The standard InChI is InChI=1S/C15H18BrClN2O2/c1-4-11-7-12(19(2)18-11)9-21-15-13(16)5-10(8-17)6-14(15)20-3/h5-7H,4,8-9H2,1-3H3. The number of methoxy groups -OCH3 is 1. The van der Waals surface area contributed by atoms with Crippen molar-refractivity contribution in [2.45, 2.75) is 25.8 Å². The highest BCUT2D eigenvalue weighted by Gasteiger charge is 2.13. The minimum absolute atomic E-state index is 0.427. The number of benzene rings is 1. The van der Waals surface area contributed by atoms with E-state index in [4.69, 9.17) is 21.1 Å². The van der Waals surface area contributed by atoms with Crippen LogP contribution in [0, 0.1) is 0 Å². The van der Waals surface area contributed by atoms with Crippen molar-refractivity contribution in [3.8, 4) is 11.5 Å². The van der Waals surface area contributed by atoms with Gasteiger partial charge in [0.25, 0.3) is 0 Å². The van der Waals surface area contributed by atoms with Gasteiger partial charge in [0.15, 0.2) is 11.5 Å². The Hall–Kier alpha value is -1.20. The first-order chi connectivity index (χ1) is 10.1. The van der Waals surface area contributed by atoms with Crippen LogP contribution in [0.5, 0.6) is 11.5 Å². The van der Waals surface area contributed by atoms with Crippen molar-refractivity contribution in [3.05, 3.63) is 39.6 Å². The monoisotopic (exact) mass is 372 g/mol. The van der Waals surface area contributed by atoms with Gasteiger partial charge < -0.3 is 9.47 Å². The molecule has 0 saturated heterocycles. The SMILES string of the molecule is CCc1cc(COc2c(Br)cc(CCl)cc2OC)n(C)n1. The molecule has 0 fully saturated rings. The first-order valence-corrected chi connectivity index (χ1v) is 7.98. The lowest BCUT2D eigenvalue weighted by Crippen LogP contribution is -2.04. The van der Waals surface area contributed by atoms with E-state index in [1.807, 2.05) is 29.9 Å². The molecule has 0 aliphatic heterocycles. The minimum Gasteiger partial charge on any atom is -0.493 e. The van der Waals surface area contributed by atoms with Gasteiger partial charge in [-0.2, -0.15) is 5.10 Å². The van der Waals surface area contributed by atoms with E-state index >= 15 is 0 Å². The van der Waals surface area contributed by atoms with Crippen LogP contribution in [0.15, 0.2) is 22.7 Å². The lowest BCUT2D eigenvalue weighted by atomic mass is 10.2. The number of alkyl halides is 1. The molecular weight excluding hydrogens is 356 g/mol. The van der Waals surface area contributed by atoms with Crippen LogP contribution in [0.2, 0.25) is 0 Å². The first-order valence-electron chi connectivity index (χ1n) is 6.66. The predicted molar refractivity (Wildman–Crippen MR) is 87.2 cm³/mol. The van der Waals surface area contributed by atoms with Crippen molar-refractivity contribution in [2.75, 3.05) is 7.11 Å². The number of aryl methyl sites for hydroxylation is 2. The van der Waals surface area contributed by atoms with Gasteiger partial charge in [-0.3, -0.25) is 4.68 Å². The summed E-state index contributed by atoms with van der Waals surface area (Å²) in [5.74, 6) is 1.76. The van der Waals surface area contributed by atoms with Crippen molar-refractivity contribution in [3.63, 3.8) is 0 Å². The van der Waals surface area contributed by atoms with E-state index in [-0.39, 0.29) is 0 Å². The molecule has 4 nitrogen and oxygen atoms in total. The summed E-state index contributed by atoms with van der Waals surface area (Å²) in [5.41, 5.74) is 3.04. The summed E-state index contributed by atoms with van der Waals surface area (Å²) in [4.78, 5) is 0. The number of nitrogens with zero attached hydrogens (tertiary/aromatic N) is 2. The molecule has 0 aliphatic carbocycles. The zero-order valence-electron chi connectivity index (χ0n) is 12.3. The van der Waals surface area contributed by atoms with Gasteiger partial charge in [-0.05, 0) is 46.1 Å². The van der Waals surface area contributed by atoms with Crippen LogP contribution in [-0.2, 0) is 26.0 Å². The van der Waals surface area contributed by atoms with Crippen LogP contribution >= 0.6 is 27.5 Å². The average Bonchev–Trinajstić information content (AvgIpc) is 2.85. The molecule has 1 aromatic heterocycles. The summed E-state index contributed by atoms with van der Waals surface area (Å²) in [6, 6.07) is 5.87. The first kappa shape index (κ1) is 16.2. The Balaban J connectivity index is 2.21. The molecule has 0 saturated carbocycles. The van der Waals surface area contributed by atoms with Crippen LogP contribution in [-0.4, -0.2) is 16.9 Å². The average molecular weight is 374 g/mol. The highest BCUT2D eigenvalue weighted by molar-refractivity contribution is 9.10. The number of hydrogen-bond acceptors (Lipinski definition) is 3. The molecule has 0 atom stereocenters. The van der Waals surface area contributed by atoms with E-state index in [1.54, 1.807) is 7.11 Å². The fraction of sp³-hybridized carbons (Fsp3) is 0.400. The number of hydrogen-bond donors (Lipinski definition) is 0. The second-order valence-electron chi connectivity index (χ2n) is 4.64. The molecule has 0 unspecified atom stereocenters. The van der Waals surface area contributed by atoms with Gasteiger partial charge in [0.05, 0.1) is 23.0 Å². The van der Waals surface area contributed by atoms with Crippen LogP contribution in [0.4, 0.5) is 0 Å². The van der Waals surface area contributed by atoms with Crippen LogP contribution in [0.3, 0.4) is 0 Å². The third-order valence-electron chi connectivity index (χ3n) is 3.20. The van der Waals surface area contributed by atoms with Crippen LogP contribution in [0.1, 0.15) is 23.9 Å². The third kappa shape index (κ3) is 3.71. The molecule has 0 spiro atoms. The van der Waals surface area contributed by atoms with Crippen molar-refractivity contribution in [2.24, 2.45) is 7.05 Å². The number of ether oxygens (including phenoxy) is 2. The summed E-state index contributed by atoms with van der Waals surface area (Å²) in [6.07, 6.45) is 0.908. The molecule has 2 aromatic rings. The molecule has 0 amide bonds. The predicted octanol–water partition coefficient (Wildman–Crippen LogP) is 4.07. The van der Waals surface area contributed by atoms with Gasteiger partial charge in [0, 0.05) is 12.9 Å². The van der Waals surface area contributed by atoms with Crippen molar-refractivity contribution in [1.29, 1.82) is 0 Å². The van der Waals surface area contributed by atoms with E-state index < -0.39 is 0 Å². The van der Waals surface area contributed by atoms with Crippen molar-refractivity contribution in [1.82, 2.24) is 9.78 Å². The maximum Gasteiger partial charge on any atom is 0.175 e. The van der Waals surface area contributed by atoms with E-state index in [0.717, 1.165) is 27.8 Å². The summed E-state index contributed by atoms with van der Waals surface area (Å²) in [5, 5.41) is 4.41. The van der Waals surface area contributed by atoms with Crippen LogP contribution < -0.4 is 9.47 Å². The third-order valence-corrected chi connectivity index (χ3v) is 4.10. The van der Waals surface area contributed by atoms with E-state index in [1.165, 1.54) is 0 Å². The fourth-order valence-corrected chi connectivity index (χ4v) is 2.77. The Bertz CT molecular complexity index is 628. The smallest absolute Gasteiger partial charge is 0.175 e. The van der Waals surface area contributed by atoms with Gasteiger partial charge >= 0.3 is 0 Å². The lowest BCUT2D eigenvalue weighted by Gasteiger charge is -2.13. The van der Waals surface area contributed by atoms with Crippen molar-refractivity contribution < 1.29 is 9.47 Å². The maximum atomic E-state index is 5.91. The Morgan fingerprint density at radius 3 is 2.67 bits per heavy atom. The van der Waals surface area contributed by atoms with E-state index in [9.17, 15) is 0 Å². The topological polar surface area (TPSA) is 36.3 Å². The molecular formula is C15H18BrClN2O2. The Labute approximate surface area is 138 Å². The minimum atomic E-state index is 0.427. The molecule has 1 heterocycles. The number of rotatable bonds is 6. The van der Waals surface area contributed by atoms with Gasteiger partial charge in [-0.15, -0.1) is 11.6 Å². The zero-order valence-corrected chi connectivity index (χ0v) is 14.7.